The minimum absolute atomic E-state index is 0.0268. The Morgan fingerprint density at radius 1 is 1.50 bits per heavy atom. The van der Waals surface area contributed by atoms with Crippen molar-refractivity contribution < 1.29 is 18.0 Å². The number of nitrogens with zero attached hydrogens (tertiary/aromatic N) is 1. The van der Waals surface area contributed by atoms with E-state index in [-0.39, 0.29) is 23.3 Å². The molecule has 4 nitrogen and oxygen atoms in total. The Hall–Kier alpha value is -1.31. The summed E-state index contributed by atoms with van der Waals surface area (Å²) in [5, 5.41) is 5.49. The van der Waals surface area contributed by atoms with Gasteiger partial charge in [-0.25, -0.2) is 0 Å². The van der Waals surface area contributed by atoms with Gasteiger partial charge in [0.25, 0.3) is 0 Å². The Kier molecular flexibility index (Phi) is 5.31. The number of carbonyl (C=O) groups is 1. The van der Waals surface area contributed by atoms with E-state index in [2.05, 4.69) is 10.6 Å². The van der Waals surface area contributed by atoms with E-state index in [1.165, 1.54) is 12.1 Å². The van der Waals surface area contributed by atoms with Crippen molar-refractivity contribution >= 4 is 23.2 Å². The molecule has 1 amide bonds. The first-order valence-electron chi connectivity index (χ1n) is 6.89. The lowest BCUT2D eigenvalue weighted by atomic mass is 10.1. The van der Waals surface area contributed by atoms with Crippen molar-refractivity contribution in [2.45, 2.75) is 19.1 Å². The number of rotatable bonds is 3. The van der Waals surface area contributed by atoms with Crippen molar-refractivity contribution in [2.24, 2.45) is 0 Å². The summed E-state index contributed by atoms with van der Waals surface area (Å²) in [6.07, 6.45) is -4.57. The summed E-state index contributed by atoms with van der Waals surface area (Å²) in [4.78, 5) is 13.9. The normalized spacial score (nSPS) is 20.0. The monoisotopic (exact) mass is 335 g/mol. The molecule has 0 spiro atoms. The van der Waals surface area contributed by atoms with Crippen molar-refractivity contribution in [1.82, 2.24) is 10.2 Å². The Morgan fingerprint density at radius 3 is 2.86 bits per heavy atom. The van der Waals surface area contributed by atoms with Crippen molar-refractivity contribution in [3.63, 3.8) is 0 Å². The number of carbonyl (C=O) groups excluding carboxylic acids is 1. The number of nitrogens with one attached hydrogen (secondary N) is 2. The fourth-order valence-electron chi connectivity index (χ4n) is 2.35. The van der Waals surface area contributed by atoms with Crippen LogP contribution in [-0.2, 0) is 11.0 Å². The van der Waals surface area contributed by atoms with Gasteiger partial charge in [-0.05, 0) is 25.1 Å². The van der Waals surface area contributed by atoms with Gasteiger partial charge in [0.15, 0.2) is 0 Å². The highest BCUT2D eigenvalue weighted by molar-refractivity contribution is 6.30. The predicted molar refractivity (Wildman–Crippen MR) is 79.0 cm³/mol. The standard InChI is InChI=1S/C14H17ClF3N3O/c1-9-7-19-4-5-21(9)8-13(22)20-12-3-2-10(15)6-11(12)14(16,17)18/h2-3,6,9,19H,4-5,7-8H2,1H3,(H,20,22)/t9-/m1/s1. The number of hydrogen-bond donors (Lipinski definition) is 2. The van der Waals surface area contributed by atoms with Gasteiger partial charge in [-0.3, -0.25) is 9.69 Å². The number of benzene rings is 1. The van der Waals surface area contributed by atoms with E-state index in [9.17, 15) is 18.0 Å². The number of piperazine rings is 1. The fourth-order valence-corrected chi connectivity index (χ4v) is 2.52. The van der Waals surface area contributed by atoms with Crippen LogP contribution in [-0.4, -0.2) is 43.0 Å². The molecule has 1 aromatic rings. The van der Waals surface area contributed by atoms with Crippen LogP contribution in [0.3, 0.4) is 0 Å². The van der Waals surface area contributed by atoms with Gasteiger partial charge in [0.1, 0.15) is 0 Å². The van der Waals surface area contributed by atoms with E-state index in [4.69, 9.17) is 11.6 Å². The predicted octanol–water partition coefficient (Wildman–Crippen LogP) is 2.59. The lowest BCUT2D eigenvalue weighted by Crippen LogP contribution is -2.52. The van der Waals surface area contributed by atoms with E-state index in [1.54, 1.807) is 0 Å². The second-order valence-electron chi connectivity index (χ2n) is 5.26. The molecular weight excluding hydrogens is 319 g/mol. The van der Waals surface area contributed by atoms with Gasteiger partial charge >= 0.3 is 6.18 Å². The van der Waals surface area contributed by atoms with Gasteiger partial charge in [-0.15, -0.1) is 0 Å². The van der Waals surface area contributed by atoms with Crippen molar-refractivity contribution in [1.29, 1.82) is 0 Å². The summed E-state index contributed by atoms with van der Waals surface area (Å²) in [7, 11) is 0. The van der Waals surface area contributed by atoms with E-state index in [0.717, 1.165) is 19.2 Å². The molecule has 8 heteroatoms. The molecule has 0 bridgehead atoms. The highest BCUT2D eigenvalue weighted by atomic mass is 35.5. The molecule has 0 aliphatic carbocycles. The van der Waals surface area contributed by atoms with Crippen LogP contribution in [0.1, 0.15) is 12.5 Å². The quantitative estimate of drug-likeness (QED) is 0.892. The molecule has 1 heterocycles. The zero-order valence-corrected chi connectivity index (χ0v) is 12.8. The molecule has 0 unspecified atom stereocenters. The molecule has 2 N–H and O–H groups in total. The summed E-state index contributed by atoms with van der Waals surface area (Å²) in [5.74, 6) is -0.471. The van der Waals surface area contributed by atoms with E-state index < -0.39 is 17.6 Å². The van der Waals surface area contributed by atoms with Gasteiger partial charge in [-0.1, -0.05) is 11.6 Å². The SMILES string of the molecule is C[C@@H]1CNCCN1CC(=O)Nc1ccc(Cl)cc1C(F)(F)F. The van der Waals surface area contributed by atoms with Gasteiger partial charge in [0.05, 0.1) is 17.8 Å². The molecule has 0 radical (unpaired) electrons. The molecule has 122 valence electrons. The summed E-state index contributed by atoms with van der Waals surface area (Å²) >= 11 is 5.61. The summed E-state index contributed by atoms with van der Waals surface area (Å²) in [5.41, 5.74) is -1.22. The first-order chi connectivity index (χ1) is 10.3. The van der Waals surface area contributed by atoms with Crippen LogP contribution in [0.4, 0.5) is 18.9 Å². The van der Waals surface area contributed by atoms with E-state index in [1.807, 2.05) is 11.8 Å². The van der Waals surface area contributed by atoms with Gasteiger partial charge < -0.3 is 10.6 Å². The number of amides is 1. The highest BCUT2D eigenvalue weighted by Crippen LogP contribution is 2.36. The van der Waals surface area contributed by atoms with Crippen LogP contribution in [0.5, 0.6) is 0 Å². The molecule has 1 fully saturated rings. The largest absolute Gasteiger partial charge is 0.418 e. The molecular formula is C14H17ClF3N3O. The third-order valence-electron chi connectivity index (χ3n) is 3.55. The lowest BCUT2D eigenvalue weighted by molar-refractivity contribution is -0.137. The Morgan fingerprint density at radius 2 is 2.23 bits per heavy atom. The highest BCUT2D eigenvalue weighted by Gasteiger charge is 2.34. The molecule has 1 aliphatic rings. The summed E-state index contributed by atoms with van der Waals surface area (Å²) in [6.45, 7) is 4.21. The minimum atomic E-state index is -4.57. The van der Waals surface area contributed by atoms with Crippen LogP contribution in [0.15, 0.2) is 18.2 Å². The second kappa shape index (κ2) is 6.85. The fraction of sp³-hybridized carbons (Fsp3) is 0.500. The number of halogens is 4. The Bertz CT molecular complexity index is 551. The first kappa shape index (κ1) is 17.1. The summed E-state index contributed by atoms with van der Waals surface area (Å²) in [6, 6.07) is 3.46. The van der Waals surface area contributed by atoms with Crippen molar-refractivity contribution in [3.8, 4) is 0 Å². The van der Waals surface area contributed by atoms with Crippen molar-refractivity contribution in [2.75, 3.05) is 31.5 Å². The molecule has 0 saturated carbocycles. The third-order valence-corrected chi connectivity index (χ3v) is 3.78. The minimum Gasteiger partial charge on any atom is -0.324 e. The van der Waals surface area contributed by atoms with Crippen molar-refractivity contribution in [3.05, 3.63) is 28.8 Å². The Balaban J connectivity index is 2.08. The zero-order valence-electron chi connectivity index (χ0n) is 12.0. The van der Waals surface area contributed by atoms with Crippen LogP contribution in [0.25, 0.3) is 0 Å². The molecule has 0 aromatic heterocycles. The smallest absolute Gasteiger partial charge is 0.324 e. The molecule has 1 atom stereocenters. The second-order valence-corrected chi connectivity index (χ2v) is 5.70. The van der Waals surface area contributed by atoms with Gasteiger partial charge in [-0.2, -0.15) is 13.2 Å². The van der Waals surface area contributed by atoms with Crippen LogP contribution < -0.4 is 10.6 Å². The number of hydrogen-bond acceptors (Lipinski definition) is 3. The summed E-state index contributed by atoms with van der Waals surface area (Å²) < 4.78 is 38.9. The first-order valence-corrected chi connectivity index (χ1v) is 7.26. The van der Waals surface area contributed by atoms with Gasteiger partial charge in [0.2, 0.25) is 5.91 Å². The topological polar surface area (TPSA) is 44.4 Å². The molecule has 1 aliphatic heterocycles. The zero-order chi connectivity index (χ0) is 16.3. The average Bonchev–Trinajstić information content (AvgIpc) is 2.42. The lowest BCUT2D eigenvalue weighted by Gasteiger charge is -2.33. The molecule has 2 rings (SSSR count). The maximum Gasteiger partial charge on any atom is 0.418 e. The maximum absolute atomic E-state index is 13.0. The number of alkyl halides is 3. The van der Waals surface area contributed by atoms with Crippen LogP contribution >= 0.6 is 11.6 Å². The van der Waals surface area contributed by atoms with Gasteiger partial charge in [0, 0.05) is 30.7 Å². The van der Waals surface area contributed by atoms with E-state index in [0.29, 0.717) is 6.54 Å². The maximum atomic E-state index is 13.0. The number of anilines is 1. The van der Waals surface area contributed by atoms with E-state index >= 15 is 0 Å². The molecule has 22 heavy (non-hydrogen) atoms. The third kappa shape index (κ3) is 4.34. The van der Waals surface area contributed by atoms with Crippen LogP contribution in [0.2, 0.25) is 5.02 Å². The molecule has 1 saturated heterocycles. The average molecular weight is 336 g/mol. The van der Waals surface area contributed by atoms with Crippen LogP contribution in [0, 0.1) is 0 Å². The Labute approximate surface area is 131 Å². The molecule has 1 aromatic carbocycles.